The van der Waals surface area contributed by atoms with Gasteiger partial charge in [-0.15, -0.1) is 0 Å². The van der Waals surface area contributed by atoms with E-state index in [2.05, 4.69) is 11.4 Å². The average molecular weight is 529 g/mol. The highest BCUT2D eigenvalue weighted by Crippen LogP contribution is 2.48. The van der Waals surface area contributed by atoms with Gasteiger partial charge in [0.1, 0.15) is 12.4 Å². The number of Topliss-reactive ketones (excluding diaryl/α,β-unsaturated/α-hetero) is 1. The molecule has 0 bridgehead atoms. The fourth-order valence-electron chi connectivity index (χ4n) is 5.89. The summed E-state index contributed by atoms with van der Waals surface area (Å²) in [4.78, 5) is 29.5. The number of fused-ring (bicyclic) bond motifs is 1. The van der Waals surface area contributed by atoms with Gasteiger partial charge in [-0.25, -0.2) is 0 Å². The maximum Gasteiger partial charge on any atom is 0.227 e. The quantitative estimate of drug-likeness (QED) is 0.280. The van der Waals surface area contributed by atoms with Gasteiger partial charge in [0.05, 0.1) is 17.4 Å². The van der Waals surface area contributed by atoms with Crippen LogP contribution in [0.15, 0.2) is 120 Å². The van der Waals surface area contributed by atoms with Crippen molar-refractivity contribution in [2.75, 3.05) is 10.2 Å². The van der Waals surface area contributed by atoms with E-state index in [0.29, 0.717) is 31.4 Å². The number of ether oxygens (including phenoxy) is 1. The van der Waals surface area contributed by atoms with Crippen LogP contribution in [-0.2, 0) is 16.2 Å². The van der Waals surface area contributed by atoms with E-state index in [-0.39, 0.29) is 17.6 Å². The van der Waals surface area contributed by atoms with E-state index < -0.39 is 6.04 Å². The molecule has 1 aliphatic heterocycles. The Labute approximate surface area is 235 Å². The van der Waals surface area contributed by atoms with Crippen molar-refractivity contribution in [3.8, 4) is 5.75 Å². The molecular formula is C35H32N2O3. The molecule has 0 fully saturated rings. The van der Waals surface area contributed by atoms with Gasteiger partial charge in [0.15, 0.2) is 5.78 Å². The van der Waals surface area contributed by atoms with Crippen LogP contribution in [0.1, 0.15) is 54.8 Å². The number of amides is 1. The summed E-state index contributed by atoms with van der Waals surface area (Å²) in [6, 6.07) is 35.3. The molecular weight excluding hydrogens is 496 g/mol. The second-order valence-electron chi connectivity index (χ2n) is 10.3. The van der Waals surface area contributed by atoms with E-state index in [0.717, 1.165) is 39.5 Å². The molecule has 0 aromatic heterocycles. The number of para-hydroxylation sites is 3. The monoisotopic (exact) mass is 528 g/mol. The fraction of sp³-hybridized carbons (Fsp3) is 0.200. The van der Waals surface area contributed by atoms with Gasteiger partial charge in [-0.05, 0) is 41.3 Å². The summed E-state index contributed by atoms with van der Waals surface area (Å²) in [5, 5.41) is 3.60. The first-order valence-electron chi connectivity index (χ1n) is 13.9. The summed E-state index contributed by atoms with van der Waals surface area (Å²) in [5.41, 5.74) is 6.19. The number of anilines is 2. The van der Waals surface area contributed by atoms with Crippen LogP contribution in [0.2, 0.25) is 0 Å². The Bertz CT molecular complexity index is 1560. The molecule has 1 heterocycles. The third kappa shape index (κ3) is 4.91. The number of benzene rings is 4. The van der Waals surface area contributed by atoms with E-state index in [1.54, 1.807) is 0 Å². The number of allylic oxidation sites excluding steroid dienone is 1. The Morgan fingerprint density at radius 2 is 1.52 bits per heavy atom. The van der Waals surface area contributed by atoms with Crippen molar-refractivity contribution < 1.29 is 14.3 Å². The smallest absolute Gasteiger partial charge is 0.227 e. The highest BCUT2D eigenvalue weighted by atomic mass is 16.5. The van der Waals surface area contributed by atoms with E-state index in [9.17, 15) is 9.59 Å². The van der Waals surface area contributed by atoms with Crippen molar-refractivity contribution in [3.05, 3.63) is 137 Å². The molecule has 1 aliphatic carbocycles. The molecule has 5 heteroatoms. The Hall–Kier alpha value is -4.64. The summed E-state index contributed by atoms with van der Waals surface area (Å²) in [6.45, 7) is 2.33. The lowest BCUT2D eigenvalue weighted by molar-refractivity contribution is -0.119. The Kier molecular flexibility index (Phi) is 7.19. The lowest BCUT2D eigenvalue weighted by Gasteiger charge is -2.35. The average Bonchev–Trinajstić information content (AvgIpc) is 3.15. The summed E-state index contributed by atoms with van der Waals surface area (Å²) < 4.78 is 6.28. The molecule has 6 rings (SSSR count). The van der Waals surface area contributed by atoms with Gasteiger partial charge in [0.2, 0.25) is 5.91 Å². The molecule has 1 amide bonds. The minimum absolute atomic E-state index is 0.0218. The maximum absolute atomic E-state index is 14.2. The second kappa shape index (κ2) is 11.2. The summed E-state index contributed by atoms with van der Waals surface area (Å²) >= 11 is 0. The van der Waals surface area contributed by atoms with E-state index in [4.69, 9.17) is 4.74 Å². The molecule has 5 nitrogen and oxygen atoms in total. The van der Waals surface area contributed by atoms with Crippen molar-refractivity contribution in [2.45, 2.75) is 44.8 Å². The Morgan fingerprint density at radius 3 is 2.30 bits per heavy atom. The van der Waals surface area contributed by atoms with Gasteiger partial charge in [0, 0.05) is 30.0 Å². The van der Waals surface area contributed by atoms with Gasteiger partial charge in [-0.1, -0.05) is 97.9 Å². The van der Waals surface area contributed by atoms with Crippen LogP contribution in [0, 0.1) is 0 Å². The molecule has 0 spiro atoms. The fourth-order valence-corrected chi connectivity index (χ4v) is 5.89. The zero-order valence-corrected chi connectivity index (χ0v) is 22.5. The number of nitrogens with one attached hydrogen (secondary N) is 1. The second-order valence-corrected chi connectivity index (χ2v) is 10.3. The zero-order valence-electron chi connectivity index (χ0n) is 22.5. The SMILES string of the molecule is CCC(=O)N1c2ccccc2NC2=C(C(=O)C[C@H](c3ccccc3OCc3ccccc3)C2)[C@@H]1c1ccccc1. The molecule has 4 aromatic rings. The normalized spacial score (nSPS) is 18.3. The van der Waals surface area contributed by atoms with Crippen LogP contribution >= 0.6 is 0 Å². The summed E-state index contributed by atoms with van der Waals surface area (Å²) in [6.07, 6.45) is 1.32. The predicted octanol–water partition coefficient (Wildman–Crippen LogP) is 7.58. The number of rotatable bonds is 6. The first kappa shape index (κ1) is 25.6. The van der Waals surface area contributed by atoms with Gasteiger partial charge in [-0.2, -0.15) is 0 Å². The van der Waals surface area contributed by atoms with Gasteiger partial charge >= 0.3 is 0 Å². The molecule has 0 saturated heterocycles. The highest BCUT2D eigenvalue weighted by Gasteiger charge is 2.41. The van der Waals surface area contributed by atoms with Crippen LogP contribution in [0.4, 0.5) is 11.4 Å². The standard InChI is InChI=1S/C35H32N2O3/c1-2-33(39)37-30-19-11-10-18-28(30)36-29-21-26(22-31(38)34(29)35(37)25-15-7-4-8-16-25)27-17-9-12-20-32(27)40-23-24-13-5-3-6-14-24/h3-20,26,35-36H,2,21-23H2,1H3/t26-,35+/m1/s1. The number of carbonyl (C=O) groups is 2. The Morgan fingerprint density at radius 1 is 0.850 bits per heavy atom. The third-order valence-electron chi connectivity index (χ3n) is 7.77. The highest BCUT2D eigenvalue weighted by molar-refractivity contribution is 6.06. The van der Waals surface area contributed by atoms with E-state index in [1.807, 2.05) is 115 Å². The maximum atomic E-state index is 14.2. The van der Waals surface area contributed by atoms with E-state index in [1.165, 1.54) is 0 Å². The topological polar surface area (TPSA) is 58.6 Å². The van der Waals surface area contributed by atoms with Crippen LogP contribution in [0.5, 0.6) is 5.75 Å². The zero-order chi connectivity index (χ0) is 27.5. The van der Waals surface area contributed by atoms with Crippen LogP contribution in [-0.4, -0.2) is 11.7 Å². The van der Waals surface area contributed by atoms with E-state index >= 15 is 0 Å². The minimum Gasteiger partial charge on any atom is -0.489 e. The lowest BCUT2D eigenvalue weighted by atomic mass is 9.78. The van der Waals surface area contributed by atoms with Gasteiger partial charge in [-0.3, -0.25) is 14.5 Å². The predicted molar refractivity (Wildman–Crippen MR) is 158 cm³/mol. The molecule has 2 aliphatic rings. The molecule has 0 saturated carbocycles. The van der Waals surface area contributed by atoms with Crippen molar-refractivity contribution in [1.29, 1.82) is 0 Å². The number of hydrogen-bond donors (Lipinski definition) is 1. The third-order valence-corrected chi connectivity index (χ3v) is 7.77. The number of hydrogen-bond acceptors (Lipinski definition) is 4. The van der Waals surface area contributed by atoms with Gasteiger partial charge in [0.25, 0.3) is 0 Å². The molecule has 2 atom stereocenters. The van der Waals surface area contributed by atoms with Gasteiger partial charge < -0.3 is 10.1 Å². The molecule has 200 valence electrons. The lowest BCUT2D eigenvalue weighted by Crippen LogP contribution is -2.38. The number of nitrogens with zero attached hydrogens (tertiary/aromatic N) is 1. The van der Waals surface area contributed by atoms with Crippen molar-refractivity contribution in [1.82, 2.24) is 0 Å². The molecule has 40 heavy (non-hydrogen) atoms. The molecule has 1 N–H and O–H groups in total. The Balaban J connectivity index is 1.42. The van der Waals surface area contributed by atoms with Crippen LogP contribution in [0.25, 0.3) is 0 Å². The molecule has 0 radical (unpaired) electrons. The summed E-state index contributed by atoms with van der Waals surface area (Å²) in [5.74, 6) is 0.769. The van der Waals surface area contributed by atoms with Crippen LogP contribution in [0.3, 0.4) is 0 Å². The number of carbonyl (C=O) groups excluding carboxylic acids is 2. The first-order valence-corrected chi connectivity index (χ1v) is 13.9. The molecule has 4 aromatic carbocycles. The first-order chi connectivity index (χ1) is 19.6. The summed E-state index contributed by atoms with van der Waals surface area (Å²) in [7, 11) is 0. The van der Waals surface area contributed by atoms with Crippen molar-refractivity contribution >= 4 is 23.1 Å². The van der Waals surface area contributed by atoms with Crippen LogP contribution < -0.4 is 15.0 Å². The number of ketones is 1. The van der Waals surface area contributed by atoms with Crippen molar-refractivity contribution in [2.24, 2.45) is 0 Å². The largest absolute Gasteiger partial charge is 0.489 e. The molecule has 0 unspecified atom stereocenters. The minimum atomic E-state index is -0.502. The van der Waals surface area contributed by atoms with Crippen molar-refractivity contribution in [3.63, 3.8) is 0 Å².